The molecule has 0 heterocycles. The van der Waals surface area contributed by atoms with Crippen molar-refractivity contribution in [2.24, 2.45) is 0 Å². The Bertz CT molecular complexity index is 399. The number of rotatable bonds is 3. The fourth-order valence-corrected chi connectivity index (χ4v) is 2.17. The molecule has 0 unspecified atom stereocenters. The Morgan fingerprint density at radius 2 is 2.06 bits per heavy atom. The summed E-state index contributed by atoms with van der Waals surface area (Å²) in [6.07, 6.45) is 0.751. The summed E-state index contributed by atoms with van der Waals surface area (Å²) < 4.78 is 5.35. The van der Waals surface area contributed by atoms with E-state index in [2.05, 4.69) is 6.07 Å². The van der Waals surface area contributed by atoms with Crippen LogP contribution >= 0.6 is 0 Å². The van der Waals surface area contributed by atoms with E-state index in [1.165, 1.54) is 0 Å². The summed E-state index contributed by atoms with van der Waals surface area (Å²) in [6, 6.07) is 9.90. The van der Waals surface area contributed by atoms with Crippen LogP contribution in [0.1, 0.15) is 25.3 Å². The van der Waals surface area contributed by atoms with Crippen LogP contribution in [0.3, 0.4) is 0 Å². The standard InChI is InChI=1S/C13H15NO2/c1-2-16-12-5-3-10(4-6-12)13(9-14)7-11(15)8-13/h3-6,11,15H,2,7-8H2,1H3. The first kappa shape index (κ1) is 11.0. The minimum atomic E-state index is -0.482. The highest BCUT2D eigenvalue weighted by atomic mass is 16.5. The summed E-state index contributed by atoms with van der Waals surface area (Å²) in [4.78, 5) is 0. The van der Waals surface area contributed by atoms with E-state index < -0.39 is 5.41 Å². The maximum atomic E-state index is 9.34. The third-order valence-electron chi connectivity index (χ3n) is 3.10. The molecule has 0 bridgehead atoms. The molecule has 0 aromatic heterocycles. The Labute approximate surface area is 95.3 Å². The minimum absolute atomic E-state index is 0.328. The van der Waals surface area contributed by atoms with E-state index in [1.807, 2.05) is 31.2 Å². The number of benzene rings is 1. The molecule has 0 spiro atoms. The predicted molar refractivity (Wildman–Crippen MR) is 60.1 cm³/mol. The lowest BCUT2D eigenvalue weighted by molar-refractivity contribution is 0.0447. The van der Waals surface area contributed by atoms with E-state index in [0.29, 0.717) is 19.4 Å². The van der Waals surface area contributed by atoms with Crippen LogP contribution in [-0.4, -0.2) is 17.8 Å². The van der Waals surface area contributed by atoms with Crippen LogP contribution in [0.4, 0.5) is 0 Å². The van der Waals surface area contributed by atoms with E-state index in [0.717, 1.165) is 11.3 Å². The number of aliphatic hydroxyl groups excluding tert-OH is 1. The second kappa shape index (κ2) is 4.15. The normalized spacial score (nSPS) is 27.9. The van der Waals surface area contributed by atoms with Gasteiger partial charge in [-0.3, -0.25) is 0 Å². The molecule has 2 rings (SSSR count). The van der Waals surface area contributed by atoms with Crippen LogP contribution in [0.25, 0.3) is 0 Å². The third-order valence-corrected chi connectivity index (χ3v) is 3.10. The van der Waals surface area contributed by atoms with Crippen molar-refractivity contribution in [3.63, 3.8) is 0 Å². The van der Waals surface area contributed by atoms with Crippen molar-refractivity contribution in [1.82, 2.24) is 0 Å². The quantitative estimate of drug-likeness (QED) is 0.842. The van der Waals surface area contributed by atoms with Gasteiger partial charge in [0.1, 0.15) is 5.75 Å². The van der Waals surface area contributed by atoms with E-state index in [9.17, 15) is 10.4 Å². The van der Waals surface area contributed by atoms with Crippen LogP contribution in [0.2, 0.25) is 0 Å². The van der Waals surface area contributed by atoms with Crippen molar-refractivity contribution < 1.29 is 9.84 Å². The molecule has 3 heteroatoms. The molecule has 1 saturated carbocycles. The number of nitrogens with zero attached hydrogens (tertiary/aromatic N) is 1. The largest absolute Gasteiger partial charge is 0.494 e. The zero-order chi connectivity index (χ0) is 11.6. The average molecular weight is 217 g/mol. The van der Waals surface area contributed by atoms with Gasteiger partial charge in [0.2, 0.25) is 0 Å². The van der Waals surface area contributed by atoms with E-state index in [1.54, 1.807) is 0 Å². The molecule has 16 heavy (non-hydrogen) atoms. The first-order chi connectivity index (χ1) is 7.70. The Morgan fingerprint density at radius 3 is 2.50 bits per heavy atom. The zero-order valence-electron chi connectivity index (χ0n) is 9.31. The van der Waals surface area contributed by atoms with Crippen molar-refractivity contribution in [2.75, 3.05) is 6.61 Å². The number of nitriles is 1. The SMILES string of the molecule is CCOc1ccc(C2(C#N)CC(O)C2)cc1. The van der Waals surface area contributed by atoms with Gasteiger partial charge in [-0.2, -0.15) is 5.26 Å². The fraction of sp³-hybridized carbons (Fsp3) is 0.462. The summed E-state index contributed by atoms with van der Waals surface area (Å²) in [5.41, 5.74) is 0.494. The molecule has 1 N–H and O–H groups in total. The van der Waals surface area contributed by atoms with E-state index in [-0.39, 0.29) is 6.10 Å². The predicted octanol–water partition coefficient (Wildman–Crippen LogP) is 2.00. The molecule has 84 valence electrons. The Balaban J connectivity index is 2.18. The second-order valence-corrected chi connectivity index (χ2v) is 4.21. The molecule has 0 amide bonds. The smallest absolute Gasteiger partial charge is 0.119 e. The lowest BCUT2D eigenvalue weighted by atomic mass is 9.64. The molecule has 1 aromatic carbocycles. The maximum Gasteiger partial charge on any atom is 0.119 e. The number of hydrogen-bond acceptors (Lipinski definition) is 3. The van der Waals surface area contributed by atoms with Gasteiger partial charge >= 0.3 is 0 Å². The number of aliphatic hydroxyl groups is 1. The molecular weight excluding hydrogens is 202 g/mol. The molecule has 0 aliphatic heterocycles. The van der Waals surface area contributed by atoms with Crippen molar-refractivity contribution in [2.45, 2.75) is 31.3 Å². The molecule has 0 saturated heterocycles. The van der Waals surface area contributed by atoms with Crippen LogP contribution in [0.5, 0.6) is 5.75 Å². The fourth-order valence-electron chi connectivity index (χ4n) is 2.17. The summed E-state index contributed by atoms with van der Waals surface area (Å²) in [6.45, 7) is 2.58. The maximum absolute atomic E-state index is 9.34. The summed E-state index contributed by atoms with van der Waals surface area (Å²) in [5, 5.41) is 18.5. The van der Waals surface area contributed by atoms with Gasteiger partial charge in [0.25, 0.3) is 0 Å². The minimum Gasteiger partial charge on any atom is -0.494 e. The molecule has 3 nitrogen and oxygen atoms in total. The van der Waals surface area contributed by atoms with Crippen molar-refractivity contribution >= 4 is 0 Å². The molecule has 1 aliphatic rings. The zero-order valence-corrected chi connectivity index (χ0v) is 9.31. The van der Waals surface area contributed by atoms with Crippen LogP contribution in [-0.2, 0) is 5.41 Å². The average Bonchev–Trinajstić information content (AvgIpc) is 2.26. The Hall–Kier alpha value is -1.53. The van der Waals surface area contributed by atoms with Crippen LogP contribution in [0.15, 0.2) is 24.3 Å². The summed E-state index contributed by atoms with van der Waals surface area (Å²) in [7, 11) is 0. The van der Waals surface area contributed by atoms with Gasteiger partial charge in [-0.05, 0) is 37.5 Å². The van der Waals surface area contributed by atoms with Crippen molar-refractivity contribution in [1.29, 1.82) is 5.26 Å². The second-order valence-electron chi connectivity index (χ2n) is 4.21. The highest BCUT2D eigenvalue weighted by molar-refractivity contribution is 5.39. The number of ether oxygens (including phenoxy) is 1. The lowest BCUT2D eigenvalue weighted by Crippen LogP contribution is -2.43. The monoisotopic (exact) mass is 217 g/mol. The topological polar surface area (TPSA) is 53.2 Å². The van der Waals surface area contributed by atoms with Crippen LogP contribution < -0.4 is 4.74 Å². The highest BCUT2D eigenvalue weighted by Crippen LogP contribution is 2.43. The molecule has 1 aliphatic carbocycles. The molecule has 1 aromatic rings. The first-order valence-electron chi connectivity index (χ1n) is 5.53. The number of hydrogen-bond donors (Lipinski definition) is 1. The van der Waals surface area contributed by atoms with E-state index in [4.69, 9.17) is 4.74 Å². The first-order valence-corrected chi connectivity index (χ1v) is 5.53. The molecule has 0 atom stereocenters. The van der Waals surface area contributed by atoms with Crippen molar-refractivity contribution in [3.8, 4) is 11.8 Å². The highest BCUT2D eigenvalue weighted by Gasteiger charge is 2.45. The van der Waals surface area contributed by atoms with Crippen molar-refractivity contribution in [3.05, 3.63) is 29.8 Å². The third kappa shape index (κ3) is 1.77. The van der Waals surface area contributed by atoms with Gasteiger partial charge in [-0.25, -0.2) is 0 Å². The van der Waals surface area contributed by atoms with Gasteiger partial charge in [0, 0.05) is 0 Å². The molecule has 1 fully saturated rings. The summed E-state index contributed by atoms with van der Waals surface area (Å²) >= 11 is 0. The Morgan fingerprint density at radius 1 is 1.44 bits per heavy atom. The van der Waals surface area contributed by atoms with Crippen LogP contribution in [0, 0.1) is 11.3 Å². The van der Waals surface area contributed by atoms with Gasteiger partial charge in [-0.15, -0.1) is 0 Å². The molecule has 0 radical (unpaired) electrons. The van der Waals surface area contributed by atoms with E-state index >= 15 is 0 Å². The van der Waals surface area contributed by atoms with Gasteiger partial charge in [0.05, 0.1) is 24.2 Å². The van der Waals surface area contributed by atoms with Gasteiger partial charge < -0.3 is 9.84 Å². The van der Waals surface area contributed by atoms with Gasteiger partial charge in [-0.1, -0.05) is 12.1 Å². The van der Waals surface area contributed by atoms with Gasteiger partial charge in [0.15, 0.2) is 0 Å². The Kier molecular flexibility index (Phi) is 2.84. The molecular formula is C13H15NO2. The lowest BCUT2D eigenvalue weighted by Gasteiger charge is -2.40. The summed E-state index contributed by atoms with van der Waals surface area (Å²) in [5.74, 6) is 0.819.